The molecule has 0 saturated heterocycles. The normalized spacial score (nSPS) is 10.1. The first kappa shape index (κ1) is 15.0. The van der Waals surface area contributed by atoms with E-state index in [1.165, 1.54) is 16.7 Å². The predicted octanol–water partition coefficient (Wildman–Crippen LogP) is 2.73. The number of amides is 2. The largest absolute Gasteiger partial charge is 0.476 e. The second-order valence-electron chi connectivity index (χ2n) is 4.29. The average Bonchev–Trinajstić information content (AvgIpc) is 2.94. The molecule has 1 heterocycles. The predicted molar refractivity (Wildman–Crippen MR) is 80.8 cm³/mol. The lowest BCUT2D eigenvalue weighted by Crippen LogP contribution is -2.28. The summed E-state index contributed by atoms with van der Waals surface area (Å²) in [5.74, 6) is -1.07. The number of aromatic carboxylic acids is 1. The van der Waals surface area contributed by atoms with Gasteiger partial charge in [0.15, 0.2) is 5.69 Å². The van der Waals surface area contributed by atoms with E-state index in [0.29, 0.717) is 5.01 Å². The molecule has 3 N–H and O–H groups in total. The number of nitrogens with one attached hydrogen (secondary N) is 2. The van der Waals surface area contributed by atoms with E-state index < -0.39 is 5.97 Å². The number of carboxylic acids is 1. The number of rotatable bonds is 5. The Balaban J connectivity index is 1.87. The molecular weight excluding hydrogens is 290 g/mol. The van der Waals surface area contributed by atoms with Crippen molar-refractivity contribution in [1.82, 2.24) is 10.3 Å². The van der Waals surface area contributed by atoms with Crippen LogP contribution in [-0.4, -0.2) is 22.1 Å². The third kappa shape index (κ3) is 4.28. The van der Waals surface area contributed by atoms with Crippen molar-refractivity contribution in [2.75, 3.05) is 5.32 Å². The molecule has 1 aromatic heterocycles. The second-order valence-corrected chi connectivity index (χ2v) is 5.24. The van der Waals surface area contributed by atoms with Crippen molar-refractivity contribution in [2.24, 2.45) is 0 Å². The number of nitrogens with zero attached hydrogens (tertiary/aromatic N) is 1. The Morgan fingerprint density at radius 2 is 2.19 bits per heavy atom. The van der Waals surface area contributed by atoms with E-state index in [1.54, 1.807) is 0 Å². The number of benzene rings is 1. The SMILES string of the molecule is CCc1cccc(NC(=O)NCc2nc(C(=O)O)cs2)c1. The Morgan fingerprint density at radius 3 is 2.86 bits per heavy atom. The van der Waals surface area contributed by atoms with Crippen LogP contribution in [0.4, 0.5) is 10.5 Å². The second kappa shape index (κ2) is 6.85. The molecule has 7 heteroatoms. The lowest BCUT2D eigenvalue weighted by Gasteiger charge is -2.07. The molecule has 2 amide bonds. The summed E-state index contributed by atoms with van der Waals surface area (Å²) in [7, 11) is 0. The van der Waals surface area contributed by atoms with E-state index in [-0.39, 0.29) is 18.3 Å². The lowest BCUT2D eigenvalue weighted by atomic mass is 10.1. The van der Waals surface area contributed by atoms with Gasteiger partial charge in [-0.2, -0.15) is 0 Å². The first-order valence-corrected chi connectivity index (χ1v) is 7.28. The fourth-order valence-corrected chi connectivity index (χ4v) is 2.40. The number of aryl methyl sites for hydroxylation is 1. The molecule has 0 bridgehead atoms. The minimum absolute atomic E-state index is 0.00662. The Morgan fingerprint density at radius 1 is 1.38 bits per heavy atom. The Kier molecular flexibility index (Phi) is 4.89. The summed E-state index contributed by atoms with van der Waals surface area (Å²) in [6.45, 7) is 2.24. The molecule has 0 fully saturated rings. The van der Waals surface area contributed by atoms with E-state index in [1.807, 2.05) is 31.2 Å². The van der Waals surface area contributed by atoms with Crippen molar-refractivity contribution < 1.29 is 14.7 Å². The summed E-state index contributed by atoms with van der Waals surface area (Å²) in [4.78, 5) is 26.4. The Labute approximate surface area is 125 Å². The van der Waals surface area contributed by atoms with Gasteiger partial charge in [-0.1, -0.05) is 19.1 Å². The van der Waals surface area contributed by atoms with Gasteiger partial charge in [0.2, 0.25) is 0 Å². The Hall–Kier alpha value is -2.41. The first-order chi connectivity index (χ1) is 10.1. The van der Waals surface area contributed by atoms with Crippen LogP contribution in [-0.2, 0) is 13.0 Å². The number of anilines is 1. The molecule has 21 heavy (non-hydrogen) atoms. The zero-order valence-electron chi connectivity index (χ0n) is 11.4. The third-order valence-corrected chi connectivity index (χ3v) is 3.61. The molecule has 6 nitrogen and oxygen atoms in total. The molecule has 0 aliphatic rings. The molecular formula is C14H15N3O3S. The molecule has 0 radical (unpaired) electrons. The minimum Gasteiger partial charge on any atom is -0.476 e. The quantitative estimate of drug-likeness (QED) is 0.792. The fourth-order valence-electron chi connectivity index (χ4n) is 1.69. The highest BCUT2D eigenvalue weighted by Crippen LogP contribution is 2.12. The number of hydrogen-bond acceptors (Lipinski definition) is 4. The number of aromatic nitrogens is 1. The van der Waals surface area contributed by atoms with Crippen LogP contribution >= 0.6 is 11.3 Å². The van der Waals surface area contributed by atoms with Gasteiger partial charge < -0.3 is 15.7 Å². The van der Waals surface area contributed by atoms with E-state index in [2.05, 4.69) is 15.6 Å². The van der Waals surface area contributed by atoms with Crippen LogP contribution in [0.1, 0.15) is 28.0 Å². The van der Waals surface area contributed by atoms with Gasteiger partial charge in [0, 0.05) is 11.1 Å². The lowest BCUT2D eigenvalue weighted by molar-refractivity contribution is 0.0691. The maximum atomic E-state index is 11.8. The number of thiazole rings is 1. The summed E-state index contributed by atoms with van der Waals surface area (Å²) in [6.07, 6.45) is 0.897. The molecule has 0 spiro atoms. The third-order valence-electron chi connectivity index (χ3n) is 2.76. The van der Waals surface area contributed by atoms with Crippen molar-refractivity contribution >= 4 is 29.0 Å². The van der Waals surface area contributed by atoms with E-state index in [4.69, 9.17) is 5.11 Å². The summed E-state index contributed by atoms with van der Waals surface area (Å²) in [5, 5.41) is 16.1. The summed E-state index contributed by atoms with van der Waals surface area (Å²) in [6, 6.07) is 7.24. The summed E-state index contributed by atoms with van der Waals surface area (Å²) < 4.78 is 0. The van der Waals surface area contributed by atoms with Crippen LogP contribution in [0.15, 0.2) is 29.6 Å². The van der Waals surface area contributed by atoms with Crippen LogP contribution < -0.4 is 10.6 Å². The number of carbonyl (C=O) groups excluding carboxylic acids is 1. The van der Waals surface area contributed by atoms with Gasteiger partial charge in [0.1, 0.15) is 5.01 Å². The van der Waals surface area contributed by atoms with Crippen molar-refractivity contribution in [3.63, 3.8) is 0 Å². The molecule has 0 saturated carbocycles. The highest BCUT2D eigenvalue weighted by atomic mass is 32.1. The number of hydrogen-bond donors (Lipinski definition) is 3. The maximum absolute atomic E-state index is 11.8. The smallest absolute Gasteiger partial charge is 0.355 e. The topological polar surface area (TPSA) is 91.3 Å². The molecule has 0 unspecified atom stereocenters. The van der Waals surface area contributed by atoms with Crippen LogP contribution in [0.3, 0.4) is 0 Å². The van der Waals surface area contributed by atoms with Gasteiger partial charge in [0.05, 0.1) is 6.54 Å². The van der Waals surface area contributed by atoms with Crippen molar-refractivity contribution in [2.45, 2.75) is 19.9 Å². The highest BCUT2D eigenvalue weighted by Gasteiger charge is 2.09. The van der Waals surface area contributed by atoms with Crippen molar-refractivity contribution in [1.29, 1.82) is 0 Å². The van der Waals surface area contributed by atoms with E-state index in [9.17, 15) is 9.59 Å². The zero-order chi connectivity index (χ0) is 15.2. The maximum Gasteiger partial charge on any atom is 0.355 e. The fraction of sp³-hybridized carbons (Fsp3) is 0.214. The van der Waals surface area contributed by atoms with Crippen LogP contribution in [0.25, 0.3) is 0 Å². The van der Waals surface area contributed by atoms with Crippen molar-refractivity contribution in [3.8, 4) is 0 Å². The zero-order valence-corrected chi connectivity index (χ0v) is 12.2. The van der Waals surface area contributed by atoms with Gasteiger partial charge in [-0.25, -0.2) is 14.6 Å². The molecule has 2 rings (SSSR count). The van der Waals surface area contributed by atoms with E-state index in [0.717, 1.165) is 17.7 Å². The average molecular weight is 305 g/mol. The number of carboxylic acid groups (broad SMARTS) is 1. The number of carbonyl (C=O) groups is 2. The molecule has 110 valence electrons. The van der Waals surface area contributed by atoms with Crippen LogP contribution in [0.5, 0.6) is 0 Å². The monoisotopic (exact) mass is 305 g/mol. The van der Waals surface area contributed by atoms with Gasteiger partial charge in [0.25, 0.3) is 0 Å². The highest BCUT2D eigenvalue weighted by molar-refractivity contribution is 7.09. The molecule has 1 aromatic carbocycles. The van der Waals surface area contributed by atoms with Gasteiger partial charge in [-0.3, -0.25) is 0 Å². The summed E-state index contributed by atoms with van der Waals surface area (Å²) in [5.41, 5.74) is 1.85. The van der Waals surface area contributed by atoms with Crippen molar-refractivity contribution in [3.05, 3.63) is 45.9 Å². The van der Waals surface area contributed by atoms with E-state index >= 15 is 0 Å². The Bertz CT molecular complexity index is 654. The number of urea groups is 1. The molecule has 2 aromatic rings. The van der Waals surface area contributed by atoms with Crippen LogP contribution in [0.2, 0.25) is 0 Å². The van der Waals surface area contributed by atoms with Crippen LogP contribution in [0, 0.1) is 0 Å². The molecule has 0 aliphatic carbocycles. The summed E-state index contributed by atoms with van der Waals surface area (Å²) >= 11 is 1.20. The van der Waals surface area contributed by atoms with Gasteiger partial charge in [-0.05, 0) is 24.1 Å². The standard InChI is InChI=1S/C14H15N3O3S/c1-2-9-4-3-5-10(6-9)16-14(20)15-7-12-17-11(8-21-12)13(18)19/h3-6,8H,2,7H2,1H3,(H,18,19)(H2,15,16,20). The van der Waals surface area contributed by atoms with Gasteiger partial charge >= 0.3 is 12.0 Å². The van der Waals surface area contributed by atoms with Gasteiger partial charge in [-0.15, -0.1) is 11.3 Å². The molecule has 0 atom stereocenters. The first-order valence-electron chi connectivity index (χ1n) is 6.40. The molecule has 0 aliphatic heterocycles. The minimum atomic E-state index is -1.07.